The van der Waals surface area contributed by atoms with Gasteiger partial charge in [0, 0.05) is 0 Å². The second-order valence-electron chi connectivity index (χ2n) is 5.05. The molecule has 0 bridgehead atoms. The maximum absolute atomic E-state index is 2.43. The SMILES string of the molecule is CCC(C(C)C)C1CC(C)C1C. The summed E-state index contributed by atoms with van der Waals surface area (Å²) >= 11 is 0. The van der Waals surface area contributed by atoms with Crippen molar-refractivity contribution in [2.75, 3.05) is 0 Å². The molecule has 0 spiro atoms. The summed E-state index contributed by atoms with van der Waals surface area (Å²) in [5.74, 6) is 4.87. The highest BCUT2D eigenvalue weighted by molar-refractivity contribution is 4.88. The summed E-state index contributed by atoms with van der Waals surface area (Å²) in [6.07, 6.45) is 2.86. The molecule has 1 saturated carbocycles. The second-order valence-corrected chi connectivity index (χ2v) is 5.05. The van der Waals surface area contributed by atoms with Crippen LogP contribution in [0.2, 0.25) is 0 Å². The highest BCUT2D eigenvalue weighted by atomic mass is 14.4. The molecule has 0 saturated heterocycles. The van der Waals surface area contributed by atoms with Gasteiger partial charge < -0.3 is 0 Å². The van der Waals surface area contributed by atoms with Crippen molar-refractivity contribution in [2.24, 2.45) is 29.6 Å². The van der Waals surface area contributed by atoms with Crippen LogP contribution in [0, 0.1) is 29.6 Å². The monoisotopic (exact) mass is 168 g/mol. The molecule has 0 heteroatoms. The molecular weight excluding hydrogens is 144 g/mol. The third-order valence-corrected chi connectivity index (χ3v) is 4.09. The third-order valence-electron chi connectivity index (χ3n) is 4.09. The zero-order valence-corrected chi connectivity index (χ0v) is 9.30. The Morgan fingerprint density at radius 2 is 1.83 bits per heavy atom. The zero-order valence-electron chi connectivity index (χ0n) is 9.30. The fourth-order valence-corrected chi connectivity index (χ4v) is 2.92. The number of hydrogen-bond donors (Lipinski definition) is 0. The summed E-state index contributed by atoms with van der Waals surface area (Å²) in [4.78, 5) is 0. The van der Waals surface area contributed by atoms with Crippen LogP contribution < -0.4 is 0 Å². The Morgan fingerprint density at radius 1 is 1.25 bits per heavy atom. The summed E-state index contributed by atoms with van der Waals surface area (Å²) in [5, 5.41) is 0. The lowest BCUT2D eigenvalue weighted by Crippen LogP contribution is -2.39. The molecule has 0 aromatic rings. The summed E-state index contributed by atoms with van der Waals surface area (Å²) in [7, 11) is 0. The molecule has 0 aromatic heterocycles. The van der Waals surface area contributed by atoms with E-state index < -0.39 is 0 Å². The Kier molecular flexibility index (Phi) is 3.20. The summed E-state index contributed by atoms with van der Waals surface area (Å²) in [5.41, 5.74) is 0. The van der Waals surface area contributed by atoms with Crippen LogP contribution in [0.4, 0.5) is 0 Å². The minimum Gasteiger partial charge on any atom is -0.0651 e. The van der Waals surface area contributed by atoms with Crippen LogP contribution in [0.1, 0.15) is 47.5 Å². The van der Waals surface area contributed by atoms with E-state index in [0.717, 1.165) is 29.6 Å². The minimum atomic E-state index is 0.884. The summed E-state index contributed by atoms with van der Waals surface area (Å²) in [6, 6.07) is 0. The van der Waals surface area contributed by atoms with Gasteiger partial charge in [-0.25, -0.2) is 0 Å². The first-order valence-electron chi connectivity index (χ1n) is 5.57. The van der Waals surface area contributed by atoms with Gasteiger partial charge in [0.1, 0.15) is 0 Å². The van der Waals surface area contributed by atoms with Gasteiger partial charge >= 0.3 is 0 Å². The molecule has 72 valence electrons. The lowest BCUT2D eigenvalue weighted by atomic mass is 9.59. The first kappa shape index (κ1) is 10.1. The fourth-order valence-electron chi connectivity index (χ4n) is 2.92. The molecule has 0 N–H and O–H groups in total. The Morgan fingerprint density at radius 3 is 2.08 bits per heavy atom. The van der Waals surface area contributed by atoms with E-state index in [0.29, 0.717) is 0 Å². The molecule has 1 fully saturated rings. The van der Waals surface area contributed by atoms with E-state index >= 15 is 0 Å². The molecule has 4 unspecified atom stereocenters. The Labute approximate surface area is 77.7 Å². The predicted octanol–water partition coefficient (Wildman–Crippen LogP) is 3.96. The van der Waals surface area contributed by atoms with Crippen LogP contribution in [0.5, 0.6) is 0 Å². The molecule has 4 atom stereocenters. The van der Waals surface area contributed by atoms with E-state index in [1.807, 2.05) is 0 Å². The van der Waals surface area contributed by atoms with Gasteiger partial charge in [-0.05, 0) is 36.0 Å². The summed E-state index contributed by atoms with van der Waals surface area (Å²) in [6.45, 7) is 11.9. The first-order valence-corrected chi connectivity index (χ1v) is 5.57. The molecule has 0 amide bonds. The highest BCUT2D eigenvalue weighted by Gasteiger charge is 2.39. The molecule has 0 heterocycles. The zero-order chi connectivity index (χ0) is 9.30. The highest BCUT2D eigenvalue weighted by Crippen LogP contribution is 2.47. The van der Waals surface area contributed by atoms with E-state index in [9.17, 15) is 0 Å². The van der Waals surface area contributed by atoms with Crippen molar-refractivity contribution >= 4 is 0 Å². The summed E-state index contributed by atoms with van der Waals surface area (Å²) < 4.78 is 0. The average molecular weight is 168 g/mol. The van der Waals surface area contributed by atoms with Crippen molar-refractivity contribution in [1.82, 2.24) is 0 Å². The van der Waals surface area contributed by atoms with Gasteiger partial charge in [-0.2, -0.15) is 0 Å². The van der Waals surface area contributed by atoms with E-state index in [1.54, 1.807) is 0 Å². The topological polar surface area (TPSA) is 0 Å². The molecule has 0 nitrogen and oxygen atoms in total. The van der Waals surface area contributed by atoms with Gasteiger partial charge in [-0.1, -0.05) is 41.0 Å². The number of rotatable bonds is 3. The molecule has 1 aliphatic carbocycles. The van der Waals surface area contributed by atoms with Crippen LogP contribution in [-0.4, -0.2) is 0 Å². The normalized spacial score (nSPS) is 38.0. The largest absolute Gasteiger partial charge is 0.0651 e. The molecule has 1 aliphatic rings. The van der Waals surface area contributed by atoms with Crippen molar-refractivity contribution in [3.8, 4) is 0 Å². The number of hydrogen-bond acceptors (Lipinski definition) is 0. The smallest absolute Gasteiger partial charge is 0.0353 e. The van der Waals surface area contributed by atoms with Gasteiger partial charge in [-0.3, -0.25) is 0 Å². The van der Waals surface area contributed by atoms with Crippen molar-refractivity contribution in [2.45, 2.75) is 47.5 Å². The van der Waals surface area contributed by atoms with Gasteiger partial charge in [0.15, 0.2) is 0 Å². The van der Waals surface area contributed by atoms with E-state index in [-0.39, 0.29) is 0 Å². The fraction of sp³-hybridized carbons (Fsp3) is 1.00. The second kappa shape index (κ2) is 3.81. The molecule has 1 rings (SSSR count). The lowest BCUT2D eigenvalue weighted by molar-refractivity contribution is 0.0260. The van der Waals surface area contributed by atoms with E-state index in [4.69, 9.17) is 0 Å². The van der Waals surface area contributed by atoms with Crippen molar-refractivity contribution < 1.29 is 0 Å². The molecule has 0 aliphatic heterocycles. The van der Waals surface area contributed by atoms with Crippen molar-refractivity contribution in [3.63, 3.8) is 0 Å². The van der Waals surface area contributed by atoms with Gasteiger partial charge in [-0.15, -0.1) is 0 Å². The Balaban J connectivity index is 2.46. The van der Waals surface area contributed by atoms with Crippen molar-refractivity contribution in [1.29, 1.82) is 0 Å². The van der Waals surface area contributed by atoms with E-state index in [2.05, 4.69) is 34.6 Å². The van der Waals surface area contributed by atoms with Gasteiger partial charge in [0.25, 0.3) is 0 Å². The maximum Gasteiger partial charge on any atom is -0.0353 e. The van der Waals surface area contributed by atoms with Crippen LogP contribution in [-0.2, 0) is 0 Å². The molecule has 12 heavy (non-hydrogen) atoms. The third kappa shape index (κ3) is 1.67. The van der Waals surface area contributed by atoms with Gasteiger partial charge in [0.2, 0.25) is 0 Å². The standard InChI is InChI=1S/C12H24/c1-6-11(8(2)3)12-7-9(4)10(12)5/h8-12H,6-7H2,1-5H3. The Bertz CT molecular complexity index is 137. The van der Waals surface area contributed by atoms with Crippen LogP contribution >= 0.6 is 0 Å². The first-order chi connectivity index (χ1) is 5.57. The average Bonchev–Trinajstić information content (AvgIpc) is 2.03. The maximum atomic E-state index is 2.43. The molecule has 0 aromatic carbocycles. The predicted molar refractivity (Wildman–Crippen MR) is 55.1 cm³/mol. The van der Waals surface area contributed by atoms with Gasteiger partial charge in [0.05, 0.1) is 0 Å². The minimum absolute atomic E-state index is 0.884. The quantitative estimate of drug-likeness (QED) is 0.598. The van der Waals surface area contributed by atoms with Crippen LogP contribution in [0.3, 0.4) is 0 Å². The molecular formula is C12H24. The van der Waals surface area contributed by atoms with Crippen LogP contribution in [0.25, 0.3) is 0 Å². The lowest BCUT2D eigenvalue weighted by Gasteiger charge is -2.47. The molecule has 0 radical (unpaired) electrons. The van der Waals surface area contributed by atoms with Crippen LogP contribution in [0.15, 0.2) is 0 Å². The van der Waals surface area contributed by atoms with Crippen molar-refractivity contribution in [3.05, 3.63) is 0 Å². The van der Waals surface area contributed by atoms with E-state index in [1.165, 1.54) is 12.8 Å². The Hall–Kier alpha value is 0.